The van der Waals surface area contributed by atoms with Crippen LogP contribution in [0.25, 0.3) is 0 Å². The van der Waals surface area contributed by atoms with Gasteiger partial charge in [0, 0.05) is 18.9 Å². The van der Waals surface area contributed by atoms with Crippen molar-refractivity contribution in [1.82, 2.24) is 0 Å². The van der Waals surface area contributed by atoms with E-state index in [9.17, 15) is 4.79 Å². The molecule has 1 N–H and O–H groups in total. The van der Waals surface area contributed by atoms with Crippen LogP contribution in [0.1, 0.15) is 20.1 Å². The first kappa shape index (κ1) is 5.23. The molecule has 70 valence electrons. The third kappa shape index (κ3) is 2.90. The predicted octanol–water partition coefficient (Wildman–Crippen LogP) is 3.34. The quantitative estimate of drug-likeness (QED) is 0.818. The fourth-order valence-electron chi connectivity index (χ4n) is 0.736. The van der Waals surface area contributed by atoms with E-state index in [1.807, 2.05) is 0 Å². The summed E-state index contributed by atoms with van der Waals surface area (Å²) < 4.78 is 35.4. The molecule has 0 fully saturated rings. The van der Waals surface area contributed by atoms with Crippen LogP contribution in [-0.2, 0) is 4.79 Å². The van der Waals surface area contributed by atoms with Crippen LogP contribution in [0.15, 0.2) is 18.2 Å². The van der Waals surface area contributed by atoms with Gasteiger partial charge in [-0.2, -0.15) is 0 Å². The molecule has 1 aromatic carbocycles. The Labute approximate surface area is 93.9 Å². The molecule has 0 aliphatic rings. The Balaban J connectivity index is 2.91. The summed E-state index contributed by atoms with van der Waals surface area (Å²) in [5.41, 5.74) is 0.169. The van der Waals surface area contributed by atoms with Gasteiger partial charge in [-0.15, -0.1) is 0 Å². The summed E-state index contributed by atoms with van der Waals surface area (Å²) in [7, 11) is 0. The summed E-state index contributed by atoms with van der Waals surface area (Å²) in [6.45, 7) is -3.05. The van der Waals surface area contributed by atoms with E-state index in [0.29, 0.717) is 0 Å². The Morgan fingerprint density at radius 3 is 3.00 bits per heavy atom. The van der Waals surface area contributed by atoms with Crippen LogP contribution in [0.2, 0.25) is 10.0 Å². The van der Waals surface area contributed by atoms with Crippen molar-refractivity contribution in [3.8, 4) is 0 Å². The molecular weight excluding hydrogens is 209 g/mol. The monoisotopic (exact) mass is 222 g/mol. The van der Waals surface area contributed by atoms with E-state index in [2.05, 4.69) is 5.32 Å². The van der Waals surface area contributed by atoms with E-state index in [4.69, 9.17) is 30.1 Å². The lowest BCUT2D eigenvalue weighted by atomic mass is 10.3. The van der Waals surface area contributed by atoms with Gasteiger partial charge in [-0.05, 0) is 18.2 Å². The minimum Gasteiger partial charge on any atom is -0.326 e. The topological polar surface area (TPSA) is 29.1 Å². The molecule has 2 nitrogen and oxygen atoms in total. The maximum atomic E-state index is 11.6. The number of nitrogens with one attached hydrogen (secondary N) is 1. The summed E-state index contributed by atoms with van der Waals surface area (Å²) in [6, 6.07) is 4.10. The smallest absolute Gasteiger partial charge is 0.224 e. The minimum atomic E-state index is -3.05. The van der Waals surface area contributed by atoms with Crippen LogP contribution < -0.4 is 5.32 Å². The molecule has 0 radical (unpaired) electrons. The first-order chi connectivity index (χ1) is 8.05. The van der Waals surface area contributed by atoms with Gasteiger partial charge in [-0.3, -0.25) is 4.79 Å². The number of carbonyl (C=O) groups excluding carboxylic acids is 1. The first-order valence-corrected chi connectivity index (χ1v) is 4.08. The minimum absolute atomic E-state index is 0.169. The molecule has 1 amide bonds. The predicted molar refractivity (Wildman–Crippen MR) is 55.4 cm³/mol. The zero-order valence-electron chi connectivity index (χ0n) is 11.4. The van der Waals surface area contributed by atoms with Crippen LogP contribution in [0, 0.1) is 0 Å². The van der Waals surface area contributed by atoms with Crippen molar-refractivity contribution in [2.75, 3.05) is 5.32 Å². The van der Waals surface area contributed by atoms with Crippen LogP contribution in [-0.4, -0.2) is 5.91 Å². The van der Waals surface area contributed by atoms with Crippen LogP contribution in [0.4, 0.5) is 5.69 Å². The van der Waals surface area contributed by atoms with Gasteiger partial charge in [-0.1, -0.05) is 30.1 Å². The van der Waals surface area contributed by atoms with Crippen molar-refractivity contribution in [3.63, 3.8) is 0 Å². The number of halogens is 2. The van der Waals surface area contributed by atoms with Gasteiger partial charge < -0.3 is 5.32 Å². The summed E-state index contributed by atoms with van der Waals surface area (Å²) in [5, 5.41) is 2.58. The fraction of sp³-hybridized carbons (Fsp3) is 0.222. The highest BCUT2D eigenvalue weighted by Crippen LogP contribution is 2.24. The zero-order chi connectivity index (χ0) is 14.1. The molecule has 0 heterocycles. The molecule has 0 atom stereocenters. The zero-order valence-corrected chi connectivity index (χ0v) is 7.91. The highest BCUT2D eigenvalue weighted by atomic mass is 35.5. The van der Waals surface area contributed by atoms with Gasteiger partial charge >= 0.3 is 0 Å². The van der Waals surface area contributed by atoms with Crippen LogP contribution in [0.3, 0.4) is 0 Å². The number of carbonyl (C=O) groups is 1. The van der Waals surface area contributed by atoms with E-state index in [0.717, 1.165) is 0 Å². The molecule has 0 bridgehead atoms. The molecule has 1 rings (SSSR count). The number of amides is 1. The highest BCUT2D eigenvalue weighted by Gasteiger charge is 2.01. The van der Waals surface area contributed by atoms with Crippen LogP contribution >= 0.6 is 23.2 Å². The SMILES string of the molecule is [2H]C([2H])([2H])C([2H])([2H])C(=O)Nc1ccc(Cl)c(Cl)c1. The number of anilines is 1. The molecule has 0 aliphatic carbocycles. The summed E-state index contributed by atoms with van der Waals surface area (Å²) in [6.07, 6.45) is -2.99. The van der Waals surface area contributed by atoms with Crippen molar-refractivity contribution in [1.29, 1.82) is 0 Å². The Hall–Kier alpha value is -0.730. The van der Waals surface area contributed by atoms with Gasteiger partial charge in [0.1, 0.15) is 0 Å². The number of hydrogen-bond donors (Lipinski definition) is 1. The summed E-state index contributed by atoms with van der Waals surface area (Å²) >= 11 is 11.4. The van der Waals surface area contributed by atoms with Crippen molar-refractivity contribution in [3.05, 3.63) is 28.2 Å². The second kappa shape index (κ2) is 4.49. The maximum absolute atomic E-state index is 11.6. The lowest BCUT2D eigenvalue weighted by Gasteiger charge is -2.04. The van der Waals surface area contributed by atoms with Gasteiger partial charge in [0.2, 0.25) is 5.91 Å². The van der Waals surface area contributed by atoms with E-state index < -0.39 is 19.1 Å². The van der Waals surface area contributed by atoms with E-state index >= 15 is 0 Å². The average molecular weight is 223 g/mol. The Morgan fingerprint density at radius 2 is 2.38 bits per heavy atom. The molecular formula is C9H9Cl2NO. The highest BCUT2D eigenvalue weighted by molar-refractivity contribution is 6.42. The molecule has 0 aliphatic heterocycles. The molecule has 0 unspecified atom stereocenters. The number of rotatable bonds is 2. The van der Waals surface area contributed by atoms with Gasteiger partial charge in [0.25, 0.3) is 0 Å². The van der Waals surface area contributed by atoms with E-state index in [1.54, 1.807) is 0 Å². The number of benzene rings is 1. The molecule has 0 aromatic heterocycles. The Morgan fingerprint density at radius 1 is 1.62 bits per heavy atom. The Bertz CT molecular complexity index is 475. The van der Waals surface area contributed by atoms with E-state index in [1.165, 1.54) is 18.2 Å². The molecule has 13 heavy (non-hydrogen) atoms. The molecule has 1 aromatic rings. The first-order valence-electron chi connectivity index (χ1n) is 5.82. The second-order valence-corrected chi connectivity index (χ2v) is 3.02. The molecule has 0 saturated carbocycles. The normalized spacial score (nSPS) is 17.5. The Kier molecular flexibility index (Phi) is 1.80. The maximum Gasteiger partial charge on any atom is 0.224 e. The van der Waals surface area contributed by atoms with Gasteiger partial charge in [0.15, 0.2) is 0 Å². The average Bonchev–Trinajstić information content (AvgIpc) is 2.21. The third-order valence-corrected chi connectivity index (χ3v) is 2.03. The van der Waals surface area contributed by atoms with Crippen molar-refractivity contribution < 1.29 is 11.6 Å². The summed E-state index contributed by atoms with van der Waals surface area (Å²) in [4.78, 5) is 11.6. The van der Waals surface area contributed by atoms with Gasteiger partial charge in [0.05, 0.1) is 10.0 Å². The standard InChI is InChI=1S/C9H9Cl2NO/c1-2-9(13)12-6-3-4-7(10)8(11)5-6/h3-5H,2H2,1H3,(H,12,13)/i1D3,2D2. The lowest BCUT2D eigenvalue weighted by Crippen LogP contribution is -2.09. The molecule has 0 saturated heterocycles. The lowest BCUT2D eigenvalue weighted by molar-refractivity contribution is -0.115. The van der Waals surface area contributed by atoms with E-state index in [-0.39, 0.29) is 15.7 Å². The summed E-state index contributed by atoms with van der Waals surface area (Å²) in [5.74, 6) is -1.26. The van der Waals surface area contributed by atoms with Gasteiger partial charge in [-0.25, -0.2) is 0 Å². The number of hydrogen-bond acceptors (Lipinski definition) is 1. The second-order valence-electron chi connectivity index (χ2n) is 2.21. The van der Waals surface area contributed by atoms with Crippen molar-refractivity contribution in [2.45, 2.75) is 13.2 Å². The molecule has 0 spiro atoms. The van der Waals surface area contributed by atoms with Crippen LogP contribution in [0.5, 0.6) is 0 Å². The molecule has 4 heteroatoms. The van der Waals surface area contributed by atoms with Crippen molar-refractivity contribution >= 4 is 34.8 Å². The fourth-order valence-corrected chi connectivity index (χ4v) is 1.03. The largest absolute Gasteiger partial charge is 0.326 e. The third-order valence-electron chi connectivity index (χ3n) is 1.29. The van der Waals surface area contributed by atoms with Crippen molar-refractivity contribution in [2.24, 2.45) is 0 Å².